The number of nitrogens with zero attached hydrogens (tertiary/aromatic N) is 5. The van der Waals surface area contributed by atoms with Crippen molar-refractivity contribution in [3.63, 3.8) is 0 Å². The molecule has 3 heterocycles. The molecule has 142 valence electrons. The van der Waals surface area contributed by atoms with Crippen molar-refractivity contribution in [1.82, 2.24) is 24.7 Å². The molecule has 1 N–H and O–H groups in total. The topological polar surface area (TPSA) is 58.4 Å². The first kappa shape index (κ1) is 17.8. The lowest BCUT2D eigenvalue weighted by atomic mass is 9.96. The molecule has 1 fully saturated rings. The van der Waals surface area contributed by atoms with Gasteiger partial charge in [-0.05, 0) is 49.5 Å². The average molecular weight is 372 g/mol. The highest BCUT2D eigenvalue weighted by atomic mass is 19.3. The summed E-state index contributed by atoms with van der Waals surface area (Å²) in [5, 5.41) is 14.7. The van der Waals surface area contributed by atoms with Crippen LogP contribution in [0.25, 0.3) is 5.65 Å². The van der Waals surface area contributed by atoms with E-state index >= 15 is 0 Å². The summed E-state index contributed by atoms with van der Waals surface area (Å²) in [6.07, 6.45) is -0.481. The van der Waals surface area contributed by atoms with E-state index in [0.29, 0.717) is 17.4 Å². The van der Waals surface area contributed by atoms with Crippen LogP contribution in [0.5, 0.6) is 0 Å². The maximum absolute atomic E-state index is 12.9. The molecule has 0 radical (unpaired) electrons. The molecule has 1 saturated heterocycles. The van der Waals surface area contributed by atoms with Crippen LogP contribution in [0.15, 0.2) is 42.5 Å². The van der Waals surface area contributed by atoms with Crippen molar-refractivity contribution in [3.8, 4) is 0 Å². The summed E-state index contributed by atoms with van der Waals surface area (Å²) in [7, 11) is 0. The molecule has 1 aromatic carbocycles. The molecule has 3 aromatic rings. The normalized spacial score (nSPS) is 16.3. The van der Waals surface area contributed by atoms with Gasteiger partial charge >= 0.3 is 0 Å². The summed E-state index contributed by atoms with van der Waals surface area (Å²) >= 11 is 0. The van der Waals surface area contributed by atoms with Crippen LogP contribution < -0.4 is 5.32 Å². The van der Waals surface area contributed by atoms with Gasteiger partial charge in [0.05, 0.1) is 0 Å². The minimum atomic E-state index is -2.70. The molecule has 0 unspecified atom stereocenters. The van der Waals surface area contributed by atoms with Crippen molar-refractivity contribution in [2.75, 3.05) is 25.0 Å². The lowest BCUT2D eigenvalue weighted by Crippen LogP contribution is -2.35. The highest BCUT2D eigenvalue weighted by Gasteiger charge is 2.20. The van der Waals surface area contributed by atoms with E-state index in [1.807, 2.05) is 6.07 Å². The standard InChI is InChI=1S/C19H22F2N6/c20-18(21)19-24-23-17-7-6-16(25-27(17)19)22-12-14-8-10-26(11-9-14)13-15-4-2-1-3-5-15/h1-7,14,18H,8-13H2,(H,22,25). The number of fused-ring (bicyclic) bond motifs is 1. The molecule has 0 bridgehead atoms. The van der Waals surface area contributed by atoms with Gasteiger partial charge < -0.3 is 5.32 Å². The molecule has 8 heteroatoms. The lowest BCUT2D eigenvalue weighted by molar-refractivity contribution is 0.137. The molecular weight excluding hydrogens is 350 g/mol. The van der Waals surface area contributed by atoms with Crippen LogP contribution in [-0.2, 0) is 6.54 Å². The minimum absolute atomic E-state index is 0.324. The molecule has 27 heavy (non-hydrogen) atoms. The molecule has 0 atom stereocenters. The summed E-state index contributed by atoms with van der Waals surface area (Å²) in [6, 6.07) is 13.9. The number of aromatic nitrogens is 4. The van der Waals surface area contributed by atoms with E-state index in [-0.39, 0.29) is 0 Å². The van der Waals surface area contributed by atoms with Gasteiger partial charge in [-0.2, -0.15) is 4.52 Å². The van der Waals surface area contributed by atoms with Gasteiger partial charge in [-0.25, -0.2) is 8.78 Å². The first-order valence-corrected chi connectivity index (χ1v) is 9.20. The van der Waals surface area contributed by atoms with Gasteiger partial charge in [0, 0.05) is 13.1 Å². The number of nitrogens with one attached hydrogen (secondary N) is 1. The van der Waals surface area contributed by atoms with Crippen LogP contribution in [0.4, 0.5) is 14.6 Å². The van der Waals surface area contributed by atoms with Crippen molar-refractivity contribution >= 4 is 11.5 Å². The predicted octanol–water partition coefficient (Wildman–Crippen LogP) is 3.39. The van der Waals surface area contributed by atoms with Crippen molar-refractivity contribution in [3.05, 3.63) is 53.9 Å². The zero-order valence-corrected chi connectivity index (χ0v) is 14.9. The maximum atomic E-state index is 12.9. The quantitative estimate of drug-likeness (QED) is 0.719. The Bertz CT molecular complexity index is 874. The fraction of sp³-hybridized carbons (Fsp3) is 0.421. The van der Waals surface area contributed by atoms with Crippen LogP contribution in [0, 0.1) is 5.92 Å². The van der Waals surface area contributed by atoms with E-state index in [1.54, 1.807) is 12.1 Å². The van der Waals surface area contributed by atoms with E-state index in [2.05, 4.69) is 49.8 Å². The van der Waals surface area contributed by atoms with E-state index in [1.165, 1.54) is 5.56 Å². The molecule has 0 saturated carbocycles. The van der Waals surface area contributed by atoms with E-state index in [0.717, 1.165) is 43.5 Å². The Hall–Kier alpha value is -2.61. The Labute approximate surface area is 156 Å². The van der Waals surface area contributed by atoms with Crippen LogP contribution in [0.1, 0.15) is 30.7 Å². The molecular formula is C19H22F2N6. The second-order valence-corrected chi connectivity index (χ2v) is 6.93. The highest BCUT2D eigenvalue weighted by Crippen LogP contribution is 2.21. The number of likely N-dealkylation sites (tertiary alicyclic amines) is 1. The zero-order chi connectivity index (χ0) is 18.6. The van der Waals surface area contributed by atoms with Crippen LogP contribution >= 0.6 is 0 Å². The number of hydrogen-bond acceptors (Lipinski definition) is 5. The van der Waals surface area contributed by atoms with Crippen molar-refractivity contribution in [1.29, 1.82) is 0 Å². The molecule has 0 amide bonds. The van der Waals surface area contributed by atoms with Crippen LogP contribution in [0.3, 0.4) is 0 Å². The summed E-state index contributed by atoms with van der Waals surface area (Å²) < 4.78 is 27.0. The van der Waals surface area contributed by atoms with Crippen molar-refractivity contribution in [2.24, 2.45) is 5.92 Å². The highest BCUT2D eigenvalue weighted by molar-refractivity contribution is 5.44. The lowest BCUT2D eigenvalue weighted by Gasteiger charge is -2.32. The molecule has 6 nitrogen and oxygen atoms in total. The third-order valence-corrected chi connectivity index (χ3v) is 5.01. The van der Waals surface area contributed by atoms with Gasteiger partial charge in [-0.3, -0.25) is 4.90 Å². The third-order valence-electron chi connectivity index (χ3n) is 5.01. The second-order valence-electron chi connectivity index (χ2n) is 6.93. The number of benzene rings is 1. The van der Waals surface area contributed by atoms with Gasteiger partial charge in [0.1, 0.15) is 5.82 Å². The van der Waals surface area contributed by atoms with Crippen LogP contribution in [-0.4, -0.2) is 44.3 Å². The molecule has 1 aliphatic rings. The largest absolute Gasteiger partial charge is 0.368 e. The molecule has 0 aliphatic carbocycles. The number of alkyl halides is 2. The number of hydrogen-bond donors (Lipinski definition) is 1. The number of piperidine rings is 1. The molecule has 0 spiro atoms. The second kappa shape index (κ2) is 7.96. The number of halogens is 2. The Morgan fingerprint density at radius 1 is 1.04 bits per heavy atom. The molecule has 2 aromatic heterocycles. The minimum Gasteiger partial charge on any atom is -0.368 e. The smallest absolute Gasteiger partial charge is 0.299 e. The Kier molecular flexibility index (Phi) is 5.24. The predicted molar refractivity (Wildman–Crippen MR) is 98.7 cm³/mol. The SMILES string of the molecule is FC(F)c1nnc2ccc(NCC3CCN(Cc4ccccc4)CC3)nn12. The molecule has 4 rings (SSSR count). The fourth-order valence-corrected chi connectivity index (χ4v) is 3.48. The molecule has 1 aliphatic heterocycles. The van der Waals surface area contributed by atoms with Gasteiger partial charge in [-0.15, -0.1) is 15.3 Å². The maximum Gasteiger partial charge on any atom is 0.299 e. The Morgan fingerprint density at radius 3 is 2.56 bits per heavy atom. The van der Waals surface area contributed by atoms with E-state index < -0.39 is 12.2 Å². The van der Waals surface area contributed by atoms with Crippen molar-refractivity contribution in [2.45, 2.75) is 25.8 Å². The number of anilines is 1. The fourth-order valence-electron chi connectivity index (χ4n) is 3.48. The first-order valence-electron chi connectivity index (χ1n) is 9.20. The average Bonchev–Trinajstić information content (AvgIpc) is 3.12. The van der Waals surface area contributed by atoms with Gasteiger partial charge in [-0.1, -0.05) is 30.3 Å². The van der Waals surface area contributed by atoms with E-state index in [4.69, 9.17) is 0 Å². The summed E-state index contributed by atoms with van der Waals surface area (Å²) in [6.45, 7) is 3.90. The van der Waals surface area contributed by atoms with Gasteiger partial charge in [0.15, 0.2) is 5.65 Å². The third kappa shape index (κ3) is 4.21. The first-order chi connectivity index (χ1) is 13.2. The zero-order valence-electron chi connectivity index (χ0n) is 14.9. The van der Waals surface area contributed by atoms with E-state index in [9.17, 15) is 8.78 Å². The van der Waals surface area contributed by atoms with Crippen molar-refractivity contribution < 1.29 is 8.78 Å². The van der Waals surface area contributed by atoms with Crippen LogP contribution in [0.2, 0.25) is 0 Å². The monoisotopic (exact) mass is 372 g/mol. The van der Waals surface area contributed by atoms with Gasteiger partial charge in [0.25, 0.3) is 6.43 Å². The summed E-state index contributed by atoms with van der Waals surface area (Å²) in [5.74, 6) is 0.684. The Balaban J connectivity index is 1.30. The summed E-state index contributed by atoms with van der Waals surface area (Å²) in [5.41, 5.74) is 1.67. The number of rotatable bonds is 6. The Morgan fingerprint density at radius 2 is 1.81 bits per heavy atom. The summed E-state index contributed by atoms with van der Waals surface area (Å²) in [4.78, 5) is 2.47. The van der Waals surface area contributed by atoms with Gasteiger partial charge in [0.2, 0.25) is 5.82 Å².